The van der Waals surface area contributed by atoms with Gasteiger partial charge in [-0.25, -0.2) is 0 Å². The Morgan fingerprint density at radius 2 is 0.408 bits per heavy atom. The highest BCUT2D eigenvalue weighted by atomic mass is 15.0. The standard InChI is InChI=1S/C94H58N4/c1-4-20-66(21-5-1)95-87-33-17-14-29-75(87)82-54-62(40-48-90(82)95)64-42-50-93-85(56-64)84-55-63(41-49-92(84)97(93)68-24-8-3-9-25-68)61-39-47-74-71-27-11-10-26-70(71)73-46-38-60(52-80(73)81(74)53-61)59-36-44-69(45-37-59)98-89-35-19-16-31-77(89)86-58-79(72-28-12-13-32-78(72)94(86)98)65-43-51-91-83(57-65)76-30-15-18-34-88(76)96(91)67-22-6-2-7-23-67/h1-58H. The van der Waals surface area contributed by atoms with Crippen LogP contribution in [0.3, 0.4) is 0 Å². The average molecular weight is 1240 g/mol. The highest BCUT2D eigenvalue weighted by molar-refractivity contribution is 6.27. The molecule has 0 aliphatic carbocycles. The molecule has 21 aromatic rings. The molecule has 0 amide bonds. The third-order valence-electron chi connectivity index (χ3n) is 21.1. The maximum absolute atomic E-state index is 2.49. The van der Waals surface area contributed by atoms with Gasteiger partial charge in [0.1, 0.15) is 0 Å². The van der Waals surface area contributed by atoms with Crippen LogP contribution in [0.4, 0.5) is 0 Å². The number of benzene rings is 17. The van der Waals surface area contributed by atoms with Crippen molar-refractivity contribution in [3.8, 4) is 67.3 Å². The zero-order chi connectivity index (χ0) is 64.1. The van der Waals surface area contributed by atoms with Gasteiger partial charge in [-0.1, -0.05) is 218 Å². The molecule has 0 atom stereocenters. The van der Waals surface area contributed by atoms with Crippen LogP contribution in [-0.4, -0.2) is 18.3 Å². The molecule has 0 unspecified atom stereocenters. The molecule has 0 bridgehead atoms. The van der Waals surface area contributed by atoms with E-state index in [0.29, 0.717) is 0 Å². The monoisotopic (exact) mass is 1240 g/mol. The van der Waals surface area contributed by atoms with Crippen molar-refractivity contribution in [2.24, 2.45) is 0 Å². The third kappa shape index (κ3) is 8.13. The van der Waals surface area contributed by atoms with Crippen LogP contribution >= 0.6 is 0 Å². The summed E-state index contributed by atoms with van der Waals surface area (Å²) in [4.78, 5) is 0. The summed E-state index contributed by atoms with van der Waals surface area (Å²) in [6.45, 7) is 0. The molecule has 0 saturated carbocycles. The van der Waals surface area contributed by atoms with E-state index in [1.807, 2.05) is 0 Å². The number of fused-ring (bicyclic) bond motifs is 20. The molecule has 17 aromatic carbocycles. The molecule has 4 nitrogen and oxygen atoms in total. The fourth-order valence-electron chi connectivity index (χ4n) is 16.7. The first-order valence-corrected chi connectivity index (χ1v) is 33.9. The van der Waals surface area contributed by atoms with Gasteiger partial charge in [0, 0.05) is 71.2 Å². The predicted octanol–water partition coefficient (Wildman–Crippen LogP) is 25.4. The fraction of sp³-hybridized carbons (Fsp3) is 0. The SMILES string of the molecule is c1ccc(-n2c3ccccc3c3cc(-c4ccc5c(c4)c4cc(-c6ccc7c8ccccc8c8ccc(-c9ccc(-n%10c%11ccccc%11c%11cc(-c%12ccc%13c(c%12)c%12ccccc%12n%13-c%12ccccc%12)c%12ccccc%12c%11%10)cc9)cc8c7c6)ccc4n5-c4ccccc4)ccc32)cc1. The highest BCUT2D eigenvalue weighted by Gasteiger charge is 2.23. The van der Waals surface area contributed by atoms with Crippen molar-refractivity contribution < 1.29 is 0 Å². The first-order chi connectivity index (χ1) is 48.6. The van der Waals surface area contributed by atoms with Crippen LogP contribution < -0.4 is 0 Å². The lowest BCUT2D eigenvalue weighted by Gasteiger charge is -2.15. The molecular weight excluding hydrogens is 1190 g/mol. The molecule has 4 aromatic heterocycles. The minimum Gasteiger partial charge on any atom is -0.309 e. The van der Waals surface area contributed by atoms with Gasteiger partial charge in [-0.2, -0.15) is 0 Å². The Morgan fingerprint density at radius 3 is 0.857 bits per heavy atom. The summed E-state index contributed by atoms with van der Waals surface area (Å²) >= 11 is 0. The average Bonchev–Trinajstić information content (AvgIpc) is 1.47. The molecule has 0 radical (unpaired) electrons. The van der Waals surface area contributed by atoms with Crippen LogP contribution in [0.1, 0.15) is 0 Å². The summed E-state index contributed by atoms with van der Waals surface area (Å²) in [5.74, 6) is 0. The van der Waals surface area contributed by atoms with Crippen LogP contribution in [0.25, 0.3) is 198 Å². The van der Waals surface area contributed by atoms with Crippen molar-refractivity contribution in [1.82, 2.24) is 18.3 Å². The predicted molar refractivity (Wildman–Crippen MR) is 416 cm³/mol. The molecule has 0 fully saturated rings. The molecule has 21 rings (SSSR count). The zero-order valence-corrected chi connectivity index (χ0v) is 53.3. The van der Waals surface area contributed by atoms with Crippen LogP contribution in [0.15, 0.2) is 352 Å². The Balaban J connectivity index is 0.680. The van der Waals surface area contributed by atoms with Gasteiger partial charge in [-0.05, 0) is 216 Å². The molecule has 0 aliphatic heterocycles. The quantitative estimate of drug-likeness (QED) is 0.135. The van der Waals surface area contributed by atoms with Crippen LogP contribution in [0.2, 0.25) is 0 Å². The molecule has 0 saturated heterocycles. The molecule has 0 N–H and O–H groups in total. The summed E-state index contributed by atoms with van der Waals surface area (Å²) in [6, 6.07) is 131. The van der Waals surface area contributed by atoms with Crippen molar-refractivity contribution >= 4 is 130 Å². The lowest BCUT2D eigenvalue weighted by atomic mass is 9.90. The Kier molecular flexibility index (Phi) is 11.8. The van der Waals surface area contributed by atoms with Gasteiger partial charge in [-0.15, -0.1) is 0 Å². The first kappa shape index (κ1) is 54.4. The smallest absolute Gasteiger partial charge is 0.0619 e. The molecule has 0 aliphatic rings. The minimum absolute atomic E-state index is 1.12. The van der Waals surface area contributed by atoms with Crippen molar-refractivity contribution in [2.45, 2.75) is 0 Å². The van der Waals surface area contributed by atoms with E-state index < -0.39 is 0 Å². The van der Waals surface area contributed by atoms with E-state index in [1.54, 1.807) is 0 Å². The van der Waals surface area contributed by atoms with Gasteiger partial charge < -0.3 is 18.3 Å². The summed E-state index contributed by atoms with van der Waals surface area (Å²) < 4.78 is 9.70. The largest absolute Gasteiger partial charge is 0.309 e. The zero-order valence-electron chi connectivity index (χ0n) is 53.3. The van der Waals surface area contributed by atoms with Crippen molar-refractivity contribution in [3.05, 3.63) is 352 Å². The van der Waals surface area contributed by atoms with Gasteiger partial charge in [0.05, 0.1) is 44.1 Å². The third-order valence-corrected chi connectivity index (χ3v) is 21.1. The van der Waals surface area contributed by atoms with Crippen LogP contribution in [0, 0.1) is 0 Å². The van der Waals surface area contributed by atoms with E-state index in [1.165, 1.54) is 175 Å². The maximum Gasteiger partial charge on any atom is 0.0619 e. The second kappa shape index (κ2) is 21.2. The summed E-state index contributed by atoms with van der Waals surface area (Å²) in [5, 5.41) is 19.8. The normalized spacial score (nSPS) is 12.1. The van der Waals surface area contributed by atoms with Gasteiger partial charge >= 0.3 is 0 Å². The van der Waals surface area contributed by atoms with E-state index >= 15 is 0 Å². The molecule has 4 heterocycles. The van der Waals surface area contributed by atoms with Gasteiger partial charge in [-0.3, -0.25) is 0 Å². The second-order valence-corrected chi connectivity index (χ2v) is 26.3. The van der Waals surface area contributed by atoms with E-state index in [-0.39, 0.29) is 0 Å². The summed E-state index contributed by atoms with van der Waals surface area (Å²) in [7, 11) is 0. The van der Waals surface area contributed by atoms with Crippen molar-refractivity contribution in [1.29, 1.82) is 0 Å². The van der Waals surface area contributed by atoms with E-state index in [2.05, 4.69) is 370 Å². The molecular formula is C94H58N4. The van der Waals surface area contributed by atoms with Crippen molar-refractivity contribution in [2.75, 3.05) is 0 Å². The van der Waals surface area contributed by atoms with Gasteiger partial charge in [0.2, 0.25) is 0 Å². The lowest BCUT2D eigenvalue weighted by Crippen LogP contribution is -1.95. The number of para-hydroxylation sites is 6. The number of rotatable bonds is 8. The second-order valence-electron chi connectivity index (χ2n) is 26.3. The molecule has 0 spiro atoms. The summed E-state index contributed by atoms with van der Waals surface area (Å²) in [6.07, 6.45) is 0. The van der Waals surface area contributed by atoms with Gasteiger partial charge in [0.25, 0.3) is 0 Å². The van der Waals surface area contributed by atoms with Crippen LogP contribution in [0.5, 0.6) is 0 Å². The number of hydrogen-bond donors (Lipinski definition) is 0. The highest BCUT2D eigenvalue weighted by Crippen LogP contribution is 2.46. The Hall–Kier alpha value is -13.0. The topological polar surface area (TPSA) is 19.7 Å². The number of aromatic nitrogens is 4. The Morgan fingerprint density at radius 1 is 0.133 bits per heavy atom. The Labute approximate surface area is 564 Å². The fourth-order valence-corrected chi connectivity index (χ4v) is 16.7. The van der Waals surface area contributed by atoms with E-state index in [0.717, 1.165) is 22.7 Å². The minimum atomic E-state index is 1.12. The van der Waals surface area contributed by atoms with E-state index in [4.69, 9.17) is 0 Å². The number of nitrogens with zero attached hydrogens (tertiary/aromatic N) is 4. The number of hydrogen-bond acceptors (Lipinski definition) is 0. The Bertz CT molecular complexity index is 6880. The van der Waals surface area contributed by atoms with Gasteiger partial charge in [0.15, 0.2) is 0 Å². The van der Waals surface area contributed by atoms with E-state index in [9.17, 15) is 0 Å². The lowest BCUT2D eigenvalue weighted by molar-refractivity contribution is 1.18. The summed E-state index contributed by atoms with van der Waals surface area (Å²) in [5.41, 5.74) is 23.7. The molecule has 4 heteroatoms. The molecule has 454 valence electrons. The first-order valence-electron chi connectivity index (χ1n) is 33.9. The molecule has 98 heavy (non-hydrogen) atoms. The van der Waals surface area contributed by atoms with Crippen molar-refractivity contribution in [3.63, 3.8) is 0 Å². The van der Waals surface area contributed by atoms with Crippen LogP contribution in [-0.2, 0) is 0 Å². The maximum atomic E-state index is 2.49.